The Morgan fingerprint density at radius 1 is 1.13 bits per heavy atom. The number of pyridine rings is 1. The number of nitrogens with one attached hydrogen (secondary N) is 2. The number of halogens is 1. The lowest BCUT2D eigenvalue weighted by molar-refractivity contribution is -0.118. The summed E-state index contributed by atoms with van der Waals surface area (Å²) in [7, 11) is 0. The fourth-order valence-corrected chi connectivity index (χ4v) is 5.83. The Bertz CT molecular complexity index is 1580. The first kappa shape index (κ1) is 24.6. The van der Waals surface area contributed by atoms with Crippen molar-refractivity contribution >= 4 is 55.8 Å². The molecule has 2 aromatic carbocycles. The molecule has 2 N–H and O–H groups in total. The number of fused-ring (bicyclic) bond motifs is 2. The molecular weight excluding hydrogens is 528 g/mol. The smallest absolute Gasteiger partial charge is 0.276 e. The number of carbonyl (C=O) groups is 2. The first-order valence-electron chi connectivity index (χ1n) is 12.0. The maximum atomic E-state index is 14.0. The van der Waals surface area contributed by atoms with Gasteiger partial charge in [-0.15, -0.1) is 0 Å². The van der Waals surface area contributed by atoms with E-state index in [2.05, 4.69) is 15.7 Å². The summed E-state index contributed by atoms with van der Waals surface area (Å²) in [4.78, 5) is 45.5. The van der Waals surface area contributed by atoms with E-state index in [1.807, 2.05) is 29.3 Å². The van der Waals surface area contributed by atoms with Crippen LogP contribution in [0.1, 0.15) is 27.7 Å². The van der Waals surface area contributed by atoms with Crippen LogP contribution < -0.4 is 26.3 Å². The van der Waals surface area contributed by atoms with Crippen LogP contribution in [0.15, 0.2) is 59.4 Å². The third-order valence-corrected chi connectivity index (χ3v) is 7.83. The second-order valence-corrected chi connectivity index (χ2v) is 10.4. The van der Waals surface area contributed by atoms with E-state index >= 15 is 0 Å². The van der Waals surface area contributed by atoms with Gasteiger partial charge in [-0.1, -0.05) is 35.1 Å². The number of anilines is 2. The van der Waals surface area contributed by atoms with Crippen LogP contribution in [-0.4, -0.2) is 47.8 Å². The van der Waals surface area contributed by atoms with E-state index < -0.39 is 17.9 Å². The minimum atomic E-state index is -1.03. The highest BCUT2D eigenvalue weighted by atomic mass is 35.5. The van der Waals surface area contributed by atoms with Crippen molar-refractivity contribution in [2.45, 2.75) is 13.0 Å². The van der Waals surface area contributed by atoms with E-state index in [1.54, 1.807) is 31.2 Å². The summed E-state index contributed by atoms with van der Waals surface area (Å²) >= 11 is 7.32. The average molecular weight is 551 g/mol. The molecule has 12 heteroatoms. The Labute approximate surface area is 226 Å². The average Bonchev–Trinajstić information content (AvgIpc) is 3.34. The molecule has 1 saturated heterocycles. The van der Waals surface area contributed by atoms with Crippen molar-refractivity contribution < 1.29 is 14.3 Å². The Hall–Kier alpha value is -3.77. The Morgan fingerprint density at radius 3 is 2.61 bits per heavy atom. The Morgan fingerprint density at radius 2 is 1.87 bits per heavy atom. The fourth-order valence-electron chi connectivity index (χ4n) is 4.77. The topological polar surface area (TPSA) is 109 Å². The van der Waals surface area contributed by atoms with Gasteiger partial charge in [0, 0.05) is 22.3 Å². The molecule has 2 aliphatic heterocycles. The van der Waals surface area contributed by atoms with Gasteiger partial charge in [0.05, 0.1) is 47.8 Å². The highest BCUT2D eigenvalue weighted by Gasteiger charge is 2.40. The third-order valence-electron chi connectivity index (χ3n) is 6.56. The van der Waals surface area contributed by atoms with E-state index in [4.69, 9.17) is 16.3 Å². The molecule has 0 radical (unpaired) electrons. The van der Waals surface area contributed by atoms with Crippen molar-refractivity contribution in [3.8, 4) is 0 Å². The number of morpholine rings is 1. The monoisotopic (exact) mass is 550 g/mol. The standard InChI is InChI=1S/C26H23ClN6O4S/c1-15-22-18(14-21(34)33(15)31-10-12-37-13-11-31)23(24(35)28-17-8-6-16(27)7-9-17)30-32(25(22)36)26-29-19-4-2-3-5-20(19)38-26/h2-9,14,23,30H,10-13H2,1H3,(H,28,35). The number of rotatable bonds is 4. The van der Waals surface area contributed by atoms with Gasteiger partial charge in [0.1, 0.15) is 6.04 Å². The maximum Gasteiger partial charge on any atom is 0.276 e. The number of thiazole rings is 1. The highest BCUT2D eigenvalue weighted by molar-refractivity contribution is 7.22. The molecule has 38 heavy (non-hydrogen) atoms. The van der Waals surface area contributed by atoms with Crippen molar-refractivity contribution in [3.05, 3.63) is 86.8 Å². The van der Waals surface area contributed by atoms with Gasteiger partial charge in [-0.2, -0.15) is 0 Å². The summed E-state index contributed by atoms with van der Waals surface area (Å²) in [6.45, 7) is 3.69. The quantitative estimate of drug-likeness (QED) is 0.401. The number of carbonyl (C=O) groups excluding carboxylic acids is 2. The number of nitrogens with zero attached hydrogens (tertiary/aromatic N) is 4. The van der Waals surface area contributed by atoms with Crippen LogP contribution in [0, 0.1) is 6.92 Å². The van der Waals surface area contributed by atoms with E-state index in [0.29, 0.717) is 53.4 Å². The van der Waals surface area contributed by atoms with Crippen LogP contribution in [0.5, 0.6) is 0 Å². The van der Waals surface area contributed by atoms with Gasteiger partial charge in [-0.25, -0.2) is 20.1 Å². The maximum absolute atomic E-state index is 14.0. The molecule has 4 aromatic rings. The Balaban J connectivity index is 1.46. The third kappa shape index (κ3) is 4.33. The number of ether oxygens (including phenoxy) is 1. The van der Waals surface area contributed by atoms with Crippen LogP contribution in [0.25, 0.3) is 10.2 Å². The predicted molar refractivity (Wildman–Crippen MR) is 147 cm³/mol. The van der Waals surface area contributed by atoms with Crippen LogP contribution in [-0.2, 0) is 9.53 Å². The zero-order valence-corrected chi connectivity index (χ0v) is 21.9. The lowest BCUT2D eigenvalue weighted by atomic mass is 9.96. The van der Waals surface area contributed by atoms with Gasteiger partial charge in [0.25, 0.3) is 11.5 Å². The van der Waals surface area contributed by atoms with Gasteiger partial charge in [-0.05, 0) is 43.3 Å². The summed E-state index contributed by atoms with van der Waals surface area (Å²) < 4.78 is 7.85. The van der Waals surface area contributed by atoms with Crippen LogP contribution >= 0.6 is 22.9 Å². The zero-order chi connectivity index (χ0) is 26.4. The summed E-state index contributed by atoms with van der Waals surface area (Å²) in [6.07, 6.45) is 0. The van der Waals surface area contributed by atoms with Crippen molar-refractivity contribution in [1.29, 1.82) is 0 Å². The number of hydrazine groups is 1. The molecule has 1 fully saturated rings. The molecule has 0 saturated carbocycles. The molecule has 2 aliphatic rings. The highest BCUT2D eigenvalue weighted by Crippen LogP contribution is 2.34. The summed E-state index contributed by atoms with van der Waals surface area (Å²) in [5, 5.41) is 6.96. The van der Waals surface area contributed by atoms with Gasteiger partial charge in [0.2, 0.25) is 11.0 Å². The molecule has 0 bridgehead atoms. The minimum Gasteiger partial charge on any atom is -0.378 e. The van der Waals surface area contributed by atoms with Crippen LogP contribution in [0.2, 0.25) is 5.02 Å². The lowest BCUT2D eigenvalue weighted by Gasteiger charge is -2.37. The first-order chi connectivity index (χ1) is 18.4. The van der Waals surface area contributed by atoms with Crippen molar-refractivity contribution in [2.24, 2.45) is 0 Å². The molecule has 6 rings (SSSR count). The number of benzene rings is 2. The number of aromatic nitrogens is 2. The molecule has 1 unspecified atom stereocenters. The van der Waals surface area contributed by atoms with E-state index in [0.717, 1.165) is 10.2 Å². The van der Waals surface area contributed by atoms with Crippen LogP contribution in [0.4, 0.5) is 10.8 Å². The number of hydrogen-bond donors (Lipinski definition) is 2. The Kier molecular flexibility index (Phi) is 6.36. The van der Waals surface area contributed by atoms with Crippen molar-refractivity contribution in [2.75, 3.05) is 41.6 Å². The molecule has 2 amide bonds. The van der Waals surface area contributed by atoms with E-state index in [9.17, 15) is 14.4 Å². The largest absolute Gasteiger partial charge is 0.378 e. The lowest BCUT2D eigenvalue weighted by Crippen LogP contribution is -2.56. The van der Waals surface area contributed by atoms with Gasteiger partial charge in [-0.3, -0.25) is 14.4 Å². The normalized spacial score (nSPS) is 17.5. The van der Waals surface area contributed by atoms with Gasteiger partial charge < -0.3 is 15.1 Å². The van der Waals surface area contributed by atoms with Gasteiger partial charge in [0.15, 0.2) is 0 Å². The number of para-hydroxylation sites is 1. The van der Waals surface area contributed by atoms with Crippen molar-refractivity contribution in [1.82, 2.24) is 15.1 Å². The predicted octanol–water partition coefficient (Wildman–Crippen LogP) is 3.23. The molecule has 2 aromatic heterocycles. The fraction of sp³-hybridized carbons (Fsp3) is 0.231. The molecule has 0 spiro atoms. The molecular formula is C26H23ClN6O4S. The van der Waals surface area contributed by atoms with Crippen molar-refractivity contribution in [3.63, 3.8) is 0 Å². The number of amides is 2. The molecule has 194 valence electrons. The van der Waals surface area contributed by atoms with E-state index in [1.165, 1.54) is 27.1 Å². The minimum absolute atomic E-state index is 0.283. The van der Waals surface area contributed by atoms with Gasteiger partial charge >= 0.3 is 0 Å². The second kappa shape index (κ2) is 9.84. The summed E-state index contributed by atoms with van der Waals surface area (Å²) in [6, 6.07) is 14.6. The zero-order valence-electron chi connectivity index (χ0n) is 20.3. The molecule has 1 atom stereocenters. The number of hydrogen-bond acceptors (Lipinski definition) is 8. The molecule has 0 aliphatic carbocycles. The van der Waals surface area contributed by atoms with E-state index in [-0.39, 0.29) is 11.1 Å². The second-order valence-electron chi connectivity index (χ2n) is 8.94. The van der Waals surface area contributed by atoms with Crippen LogP contribution in [0.3, 0.4) is 0 Å². The summed E-state index contributed by atoms with van der Waals surface area (Å²) in [5.74, 6) is -0.829. The molecule has 10 nitrogen and oxygen atoms in total. The summed E-state index contributed by atoms with van der Waals surface area (Å²) in [5.41, 5.74) is 5.03. The SMILES string of the molecule is Cc1c2c(cc(=O)n1N1CCOCC1)C(C(=O)Nc1ccc(Cl)cc1)NN(c1nc3ccccc3s1)C2=O. The molecule has 4 heterocycles. The first-order valence-corrected chi connectivity index (χ1v) is 13.2.